The number of hydrogen-bond donors (Lipinski definition) is 1. The van der Waals surface area contributed by atoms with Gasteiger partial charge in [0.1, 0.15) is 10.4 Å². The SMILES string of the molecule is C[C@@H](Cl)C(=O)Nc1nnc(CSCc2ccccc2)s1. The average molecular weight is 328 g/mol. The van der Waals surface area contributed by atoms with E-state index in [-0.39, 0.29) is 5.91 Å². The van der Waals surface area contributed by atoms with Crippen molar-refractivity contribution in [3.05, 3.63) is 40.9 Å². The molecule has 0 aliphatic carbocycles. The van der Waals surface area contributed by atoms with Crippen molar-refractivity contribution in [2.45, 2.75) is 23.8 Å². The predicted molar refractivity (Wildman–Crippen MR) is 85.3 cm³/mol. The Balaban J connectivity index is 1.80. The topological polar surface area (TPSA) is 54.9 Å². The van der Waals surface area contributed by atoms with Crippen LogP contribution in [0.15, 0.2) is 30.3 Å². The highest BCUT2D eigenvalue weighted by atomic mass is 35.5. The Morgan fingerprint density at radius 2 is 2.10 bits per heavy atom. The second-order valence-corrected chi connectivity index (χ2v) is 6.79. The summed E-state index contributed by atoms with van der Waals surface area (Å²) in [5.74, 6) is 1.45. The monoisotopic (exact) mass is 327 g/mol. The third-order valence-corrected chi connectivity index (χ3v) is 4.63. The van der Waals surface area contributed by atoms with Gasteiger partial charge in [0.15, 0.2) is 0 Å². The fourth-order valence-electron chi connectivity index (χ4n) is 1.40. The number of hydrogen-bond acceptors (Lipinski definition) is 5. The minimum absolute atomic E-state index is 0.258. The second-order valence-electron chi connectivity index (χ2n) is 4.08. The number of amides is 1. The van der Waals surface area contributed by atoms with Crippen LogP contribution in [0.1, 0.15) is 17.5 Å². The van der Waals surface area contributed by atoms with E-state index >= 15 is 0 Å². The van der Waals surface area contributed by atoms with Crippen molar-refractivity contribution in [1.82, 2.24) is 10.2 Å². The van der Waals surface area contributed by atoms with Gasteiger partial charge in [0.2, 0.25) is 11.0 Å². The molecule has 0 bridgehead atoms. The number of nitrogens with one attached hydrogen (secondary N) is 1. The van der Waals surface area contributed by atoms with Gasteiger partial charge in [-0.2, -0.15) is 0 Å². The molecule has 0 radical (unpaired) electrons. The lowest BCUT2D eigenvalue weighted by molar-refractivity contribution is -0.115. The number of nitrogens with zero attached hydrogens (tertiary/aromatic N) is 2. The molecule has 4 nitrogen and oxygen atoms in total. The molecule has 2 aromatic rings. The van der Waals surface area contributed by atoms with Crippen molar-refractivity contribution in [3.8, 4) is 0 Å². The van der Waals surface area contributed by atoms with Crippen molar-refractivity contribution >= 4 is 45.7 Å². The Labute approximate surface area is 130 Å². The van der Waals surface area contributed by atoms with Crippen LogP contribution in [0.4, 0.5) is 5.13 Å². The molecule has 1 heterocycles. The first-order valence-corrected chi connectivity index (χ1v) is 8.45. The van der Waals surface area contributed by atoms with E-state index in [1.807, 2.05) is 18.2 Å². The molecule has 0 aliphatic heterocycles. The number of benzene rings is 1. The minimum atomic E-state index is -0.574. The maximum Gasteiger partial charge on any atom is 0.243 e. The van der Waals surface area contributed by atoms with Crippen LogP contribution < -0.4 is 5.32 Å². The molecule has 106 valence electrons. The zero-order chi connectivity index (χ0) is 14.4. The largest absolute Gasteiger partial charge is 0.299 e. The summed E-state index contributed by atoms with van der Waals surface area (Å²) < 4.78 is 0. The van der Waals surface area contributed by atoms with Crippen LogP contribution in [-0.4, -0.2) is 21.5 Å². The fraction of sp³-hybridized carbons (Fsp3) is 0.308. The molecular formula is C13H14ClN3OS2. The Bertz CT molecular complexity index is 560. The fourth-order valence-corrected chi connectivity index (χ4v) is 3.24. The number of rotatable bonds is 6. The Morgan fingerprint density at radius 3 is 2.80 bits per heavy atom. The van der Waals surface area contributed by atoms with E-state index in [0.29, 0.717) is 5.13 Å². The standard InChI is InChI=1S/C13H14ClN3OS2/c1-9(14)12(18)15-13-17-16-11(20-13)8-19-7-10-5-3-2-4-6-10/h2-6,9H,7-8H2,1H3,(H,15,17,18)/t9-/m1/s1. The molecule has 0 aliphatic rings. The van der Waals surface area contributed by atoms with E-state index < -0.39 is 5.38 Å². The van der Waals surface area contributed by atoms with Crippen molar-refractivity contribution in [3.63, 3.8) is 0 Å². The lowest BCUT2D eigenvalue weighted by atomic mass is 10.2. The number of anilines is 1. The van der Waals surface area contributed by atoms with E-state index in [1.165, 1.54) is 16.9 Å². The first-order chi connectivity index (χ1) is 9.65. The molecule has 1 aromatic carbocycles. The minimum Gasteiger partial charge on any atom is -0.299 e. The molecule has 1 N–H and O–H groups in total. The summed E-state index contributed by atoms with van der Waals surface area (Å²) >= 11 is 8.82. The first kappa shape index (κ1) is 15.3. The number of halogens is 1. The summed E-state index contributed by atoms with van der Waals surface area (Å²) in [6, 6.07) is 10.3. The summed E-state index contributed by atoms with van der Waals surface area (Å²) in [5, 5.41) is 11.4. The van der Waals surface area contributed by atoms with E-state index in [4.69, 9.17) is 11.6 Å². The van der Waals surface area contributed by atoms with Gasteiger partial charge in [-0.05, 0) is 12.5 Å². The molecule has 0 saturated heterocycles. The van der Waals surface area contributed by atoms with Crippen LogP contribution in [0.5, 0.6) is 0 Å². The zero-order valence-corrected chi connectivity index (χ0v) is 13.3. The van der Waals surface area contributed by atoms with Gasteiger partial charge in [0, 0.05) is 11.5 Å². The molecule has 1 aromatic heterocycles. The van der Waals surface area contributed by atoms with Gasteiger partial charge in [0.25, 0.3) is 0 Å². The molecule has 0 fully saturated rings. The number of carbonyl (C=O) groups excluding carboxylic acids is 1. The van der Waals surface area contributed by atoms with E-state index in [0.717, 1.165) is 16.5 Å². The molecular weight excluding hydrogens is 314 g/mol. The second kappa shape index (κ2) is 7.61. The van der Waals surface area contributed by atoms with E-state index in [2.05, 4.69) is 27.6 Å². The number of alkyl halides is 1. The Hall–Kier alpha value is -1.11. The number of aromatic nitrogens is 2. The van der Waals surface area contributed by atoms with Crippen LogP contribution >= 0.6 is 34.7 Å². The van der Waals surface area contributed by atoms with Gasteiger partial charge < -0.3 is 0 Å². The first-order valence-electron chi connectivity index (χ1n) is 6.04. The van der Waals surface area contributed by atoms with Gasteiger partial charge in [0.05, 0.1) is 0 Å². The van der Waals surface area contributed by atoms with Crippen molar-refractivity contribution < 1.29 is 4.79 Å². The lowest BCUT2D eigenvalue weighted by Gasteiger charge is -2.00. The van der Waals surface area contributed by atoms with Crippen molar-refractivity contribution in [1.29, 1.82) is 0 Å². The maximum absolute atomic E-state index is 11.4. The van der Waals surface area contributed by atoms with Crippen LogP contribution in [0.25, 0.3) is 0 Å². The molecule has 0 saturated carbocycles. The maximum atomic E-state index is 11.4. The summed E-state index contributed by atoms with van der Waals surface area (Å²) in [4.78, 5) is 11.4. The Kier molecular flexibility index (Phi) is 5.82. The van der Waals surface area contributed by atoms with Gasteiger partial charge in [-0.1, -0.05) is 41.7 Å². The quantitative estimate of drug-likeness (QED) is 0.824. The highest BCUT2D eigenvalue weighted by Crippen LogP contribution is 2.22. The molecule has 1 amide bonds. The molecule has 20 heavy (non-hydrogen) atoms. The van der Waals surface area contributed by atoms with E-state index in [1.54, 1.807) is 18.7 Å². The highest BCUT2D eigenvalue weighted by molar-refractivity contribution is 7.97. The zero-order valence-electron chi connectivity index (χ0n) is 10.9. The summed E-state index contributed by atoms with van der Waals surface area (Å²) in [5.41, 5.74) is 1.28. The van der Waals surface area contributed by atoms with Crippen LogP contribution in [0, 0.1) is 0 Å². The summed E-state index contributed by atoms with van der Waals surface area (Å²) in [6.07, 6.45) is 0. The van der Waals surface area contributed by atoms with Gasteiger partial charge in [-0.25, -0.2) is 0 Å². The van der Waals surface area contributed by atoms with Crippen LogP contribution in [0.3, 0.4) is 0 Å². The molecule has 2 rings (SSSR count). The average Bonchev–Trinajstić information content (AvgIpc) is 2.87. The molecule has 0 unspecified atom stereocenters. The van der Waals surface area contributed by atoms with Crippen molar-refractivity contribution in [2.75, 3.05) is 5.32 Å². The summed E-state index contributed by atoms with van der Waals surface area (Å²) in [6.45, 7) is 1.62. The molecule has 7 heteroatoms. The number of carbonyl (C=O) groups is 1. The number of thioether (sulfide) groups is 1. The molecule has 1 atom stereocenters. The lowest BCUT2D eigenvalue weighted by Crippen LogP contribution is -2.20. The van der Waals surface area contributed by atoms with E-state index in [9.17, 15) is 4.79 Å². The smallest absolute Gasteiger partial charge is 0.243 e. The molecule has 0 spiro atoms. The third kappa shape index (κ3) is 4.77. The summed E-state index contributed by atoms with van der Waals surface area (Å²) in [7, 11) is 0. The van der Waals surface area contributed by atoms with Gasteiger partial charge >= 0.3 is 0 Å². The highest BCUT2D eigenvalue weighted by Gasteiger charge is 2.12. The Morgan fingerprint density at radius 1 is 1.35 bits per heavy atom. The van der Waals surface area contributed by atoms with Crippen molar-refractivity contribution in [2.24, 2.45) is 0 Å². The van der Waals surface area contributed by atoms with Gasteiger partial charge in [-0.15, -0.1) is 33.6 Å². The third-order valence-electron chi connectivity index (χ3n) is 2.40. The predicted octanol–water partition coefficient (Wildman–Crippen LogP) is 3.54. The normalized spacial score (nSPS) is 12.1. The van der Waals surface area contributed by atoms with Gasteiger partial charge in [-0.3, -0.25) is 10.1 Å². The van der Waals surface area contributed by atoms with Crippen LogP contribution in [0.2, 0.25) is 0 Å². The van der Waals surface area contributed by atoms with Crippen LogP contribution in [-0.2, 0) is 16.3 Å².